The summed E-state index contributed by atoms with van der Waals surface area (Å²) in [6.07, 6.45) is 6.88. The first-order valence-corrected chi connectivity index (χ1v) is 11.2. The summed E-state index contributed by atoms with van der Waals surface area (Å²) < 4.78 is 71.8. The van der Waals surface area contributed by atoms with E-state index in [-0.39, 0.29) is 17.1 Å². The van der Waals surface area contributed by atoms with Gasteiger partial charge in [0.05, 0.1) is 0 Å². The van der Waals surface area contributed by atoms with Gasteiger partial charge in [-0.05, 0) is 73.7 Å². The van der Waals surface area contributed by atoms with Crippen molar-refractivity contribution in [2.75, 3.05) is 13.2 Å². The van der Waals surface area contributed by atoms with Crippen LogP contribution < -0.4 is 0 Å². The van der Waals surface area contributed by atoms with Crippen molar-refractivity contribution < 1.29 is 30.5 Å². The third kappa shape index (κ3) is 2.84. The number of allylic oxidation sites excluding steroid dienone is 2. The van der Waals surface area contributed by atoms with Crippen molar-refractivity contribution in [1.82, 2.24) is 0 Å². The second kappa shape index (κ2) is 6.12. The van der Waals surface area contributed by atoms with Crippen molar-refractivity contribution in [3.63, 3.8) is 0 Å². The first-order chi connectivity index (χ1) is 12.5. The minimum absolute atomic E-state index is 0.00234. The highest BCUT2D eigenvalue weighted by Gasteiger charge is 2.60. The molecule has 4 nitrogen and oxygen atoms in total. The summed E-state index contributed by atoms with van der Waals surface area (Å²) in [5.74, 6) is 1.62. The lowest BCUT2D eigenvalue weighted by Crippen LogP contribution is -2.54. The Bertz CT molecular complexity index is 747. The van der Waals surface area contributed by atoms with E-state index in [1.165, 1.54) is 0 Å². The van der Waals surface area contributed by atoms with Crippen molar-refractivity contribution in [2.45, 2.75) is 57.9 Å². The van der Waals surface area contributed by atoms with Crippen molar-refractivity contribution in [3.05, 3.63) is 11.8 Å². The molecule has 0 N–H and O–H groups in total. The number of rotatable bonds is 2. The zero-order chi connectivity index (χ0) is 19.7. The number of hydrogen-bond acceptors (Lipinski definition) is 4. The Morgan fingerprint density at radius 1 is 1.15 bits per heavy atom. The molecular formula is C19H27F3O4S. The highest BCUT2D eigenvalue weighted by molar-refractivity contribution is 7.87. The number of halogens is 3. The minimum atomic E-state index is -5.62. The van der Waals surface area contributed by atoms with Gasteiger partial charge in [-0.3, -0.25) is 0 Å². The van der Waals surface area contributed by atoms with Crippen LogP contribution in [0.3, 0.4) is 0 Å². The van der Waals surface area contributed by atoms with Gasteiger partial charge in [0.25, 0.3) is 0 Å². The van der Waals surface area contributed by atoms with Gasteiger partial charge >= 0.3 is 15.6 Å². The maximum absolute atomic E-state index is 12.8. The highest BCUT2D eigenvalue weighted by atomic mass is 32.2. The third-order valence-corrected chi connectivity index (χ3v) is 9.13. The number of fused-ring (bicyclic) bond motifs is 5. The van der Waals surface area contributed by atoms with Crippen LogP contribution in [0.5, 0.6) is 0 Å². The average molecular weight is 408 g/mol. The van der Waals surface area contributed by atoms with Gasteiger partial charge in [0.2, 0.25) is 0 Å². The van der Waals surface area contributed by atoms with Gasteiger partial charge in [-0.1, -0.05) is 13.8 Å². The Balaban J connectivity index is 1.58. The molecule has 4 aliphatic rings. The molecular weight excluding hydrogens is 381 g/mol. The third-order valence-electron chi connectivity index (χ3n) is 8.16. The zero-order valence-electron chi connectivity index (χ0n) is 15.7. The zero-order valence-corrected chi connectivity index (χ0v) is 16.5. The van der Waals surface area contributed by atoms with Crippen LogP contribution in [0, 0.1) is 34.5 Å². The predicted octanol–water partition coefficient (Wildman–Crippen LogP) is 4.63. The highest BCUT2D eigenvalue weighted by Crippen LogP contribution is 2.65. The molecule has 0 aromatic heterocycles. The maximum Gasteiger partial charge on any atom is 0.534 e. The van der Waals surface area contributed by atoms with Crippen molar-refractivity contribution in [3.8, 4) is 0 Å². The standard InChI is InChI=1S/C19H27F3O4S/c1-17-9-10-25-11-12(17)3-4-13-14-5-6-16(18(14,2)8-7-15(13)17)26-27(23,24)19(20,21)22/h6,12-15H,3-5,7-11H2,1-2H3/t12-,13-,14-,15-,17-,18-/m0/s1. The van der Waals surface area contributed by atoms with Gasteiger partial charge in [0.15, 0.2) is 0 Å². The molecule has 1 saturated heterocycles. The molecule has 3 aliphatic carbocycles. The van der Waals surface area contributed by atoms with Gasteiger partial charge in [0, 0.05) is 18.6 Å². The molecule has 1 heterocycles. The molecule has 6 atom stereocenters. The molecule has 3 fully saturated rings. The minimum Gasteiger partial charge on any atom is -0.381 e. The van der Waals surface area contributed by atoms with Crippen LogP contribution in [-0.2, 0) is 19.0 Å². The fourth-order valence-corrected chi connectivity index (χ4v) is 7.13. The van der Waals surface area contributed by atoms with Crippen molar-refractivity contribution in [1.29, 1.82) is 0 Å². The van der Waals surface area contributed by atoms with E-state index in [0.717, 1.165) is 38.9 Å². The average Bonchev–Trinajstić information content (AvgIpc) is 2.89. The lowest BCUT2D eigenvalue weighted by atomic mass is 9.46. The van der Waals surface area contributed by atoms with Gasteiger partial charge in [-0.15, -0.1) is 0 Å². The van der Waals surface area contributed by atoms with E-state index in [1.807, 2.05) is 6.92 Å². The van der Waals surface area contributed by atoms with E-state index in [9.17, 15) is 21.6 Å². The molecule has 8 heteroatoms. The molecule has 0 spiro atoms. The molecule has 27 heavy (non-hydrogen) atoms. The Morgan fingerprint density at radius 2 is 1.89 bits per heavy atom. The first kappa shape index (κ1) is 19.6. The number of alkyl halides is 3. The van der Waals surface area contributed by atoms with E-state index in [2.05, 4.69) is 11.1 Å². The molecule has 0 unspecified atom stereocenters. The fourth-order valence-electron chi connectivity index (χ4n) is 6.54. The Kier molecular flexibility index (Phi) is 4.43. The van der Waals surface area contributed by atoms with Gasteiger partial charge in [0.1, 0.15) is 5.76 Å². The predicted molar refractivity (Wildman–Crippen MR) is 92.8 cm³/mol. The van der Waals surface area contributed by atoms with Crippen LogP contribution in [-0.4, -0.2) is 27.1 Å². The summed E-state index contributed by atoms with van der Waals surface area (Å²) in [6.45, 7) is 5.82. The fraction of sp³-hybridized carbons (Fsp3) is 0.895. The smallest absolute Gasteiger partial charge is 0.381 e. The number of hydrogen-bond donors (Lipinski definition) is 0. The summed E-state index contributed by atoms with van der Waals surface area (Å²) in [5, 5.41) is 0. The topological polar surface area (TPSA) is 52.6 Å². The van der Waals surface area contributed by atoms with Crippen LogP contribution >= 0.6 is 0 Å². The van der Waals surface area contributed by atoms with Crippen molar-refractivity contribution >= 4 is 10.1 Å². The number of ether oxygens (including phenoxy) is 1. The van der Waals surface area contributed by atoms with Crippen LogP contribution in [0.2, 0.25) is 0 Å². The van der Waals surface area contributed by atoms with Crippen molar-refractivity contribution in [2.24, 2.45) is 34.5 Å². The maximum atomic E-state index is 12.8. The molecule has 0 bridgehead atoms. The second-order valence-corrected chi connectivity index (χ2v) is 10.8. The first-order valence-electron chi connectivity index (χ1n) is 9.78. The normalized spacial score (nSPS) is 44.7. The molecule has 2 saturated carbocycles. The van der Waals surface area contributed by atoms with Crippen LogP contribution in [0.15, 0.2) is 11.8 Å². The lowest BCUT2D eigenvalue weighted by Gasteiger charge is -2.59. The molecule has 0 radical (unpaired) electrons. The molecule has 1 aliphatic heterocycles. The van der Waals surface area contributed by atoms with E-state index < -0.39 is 21.0 Å². The Morgan fingerprint density at radius 3 is 2.59 bits per heavy atom. The summed E-state index contributed by atoms with van der Waals surface area (Å²) in [5.41, 5.74) is -5.81. The van der Waals surface area contributed by atoms with Crippen LogP contribution in [0.25, 0.3) is 0 Å². The molecule has 0 amide bonds. The molecule has 4 rings (SSSR count). The Hall–Kier alpha value is -0.760. The summed E-state index contributed by atoms with van der Waals surface area (Å²) in [4.78, 5) is 0. The van der Waals surface area contributed by atoms with Gasteiger partial charge < -0.3 is 8.92 Å². The van der Waals surface area contributed by atoms with Gasteiger partial charge in [-0.2, -0.15) is 21.6 Å². The summed E-state index contributed by atoms with van der Waals surface area (Å²) in [6, 6.07) is 0. The molecule has 154 valence electrons. The largest absolute Gasteiger partial charge is 0.534 e. The van der Waals surface area contributed by atoms with E-state index in [4.69, 9.17) is 4.74 Å². The van der Waals surface area contributed by atoms with E-state index >= 15 is 0 Å². The summed E-state index contributed by atoms with van der Waals surface area (Å²) in [7, 11) is -5.62. The lowest BCUT2D eigenvalue weighted by molar-refractivity contribution is -0.143. The monoisotopic (exact) mass is 408 g/mol. The van der Waals surface area contributed by atoms with E-state index in [1.54, 1.807) is 6.08 Å². The van der Waals surface area contributed by atoms with Gasteiger partial charge in [-0.25, -0.2) is 0 Å². The SMILES string of the molecule is C[C@]12CCOC[C@@H]1CC[C@@H]1[C@@H]2CC[C@]2(C)C(OS(=O)(=O)C(F)(F)F)=CC[C@@H]12. The quantitative estimate of drug-likeness (QED) is 0.494. The van der Waals surface area contributed by atoms with E-state index in [0.29, 0.717) is 30.6 Å². The molecule has 0 aromatic carbocycles. The Labute approximate surface area is 158 Å². The second-order valence-electron chi connectivity index (χ2n) is 9.23. The molecule has 0 aromatic rings. The van der Waals surface area contributed by atoms with Crippen LogP contribution in [0.4, 0.5) is 13.2 Å². The summed E-state index contributed by atoms with van der Waals surface area (Å²) >= 11 is 0. The van der Waals surface area contributed by atoms with Crippen LogP contribution in [0.1, 0.15) is 52.4 Å².